The largest absolute Gasteiger partial charge is 0.382 e. The summed E-state index contributed by atoms with van der Waals surface area (Å²) >= 11 is 6.08. The van der Waals surface area contributed by atoms with Gasteiger partial charge in [0.05, 0.1) is 24.6 Å². The minimum absolute atomic E-state index is 0.00193. The Morgan fingerprint density at radius 1 is 1.26 bits per heavy atom. The Balaban J connectivity index is 1.99. The first-order valence-corrected chi connectivity index (χ1v) is 8.07. The minimum Gasteiger partial charge on any atom is -0.382 e. The summed E-state index contributed by atoms with van der Waals surface area (Å²) < 4.78 is 10.1. The van der Waals surface area contributed by atoms with E-state index in [4.69, 9.17) is 21.1 Å². The zero-order valence-electron chi connectivity index (χ0n) is 13.7. The van der Waals surface area contributed by atoms with Crippen LogP contribution in [0.15, 0.2) is 18.2 Å². The van der Waals surface area contributed by atoms with Crippen LogP contribution in [-0.4, -0.2) is 71.0 Å². The number of amides is 1. The Bertz CT molecular complexity index is 519. The molecule has 1 amide bonds. The number of halogens is 1. The number of hydrogen-bond donors (Lipinski definition) is 1. The summed E-state index contributed by atoms with van der Waals surface area (Å²) in [6, 6.07) is 5.58. The predicted molar refractivity (Wildman–Crippen MR) is 92.5 cm³/mol. The molecule has 0 bridgehead atoms. The minimum atomic E-state index is -0.196. The van der Waals surface area contributed by atoms with Crippen molar-refractivity contribution < 1.29 is 14.3 Å². The zero-order valence-corrected chi connectivity index (χ0v) is 14.4. The highest BCUT2D eigenvalue weighted by molar-refractivity contribution is 6.31. The Kier molecular flexibility index (Phi) is 7.11. The van der Waals surface area contributed by atoms with Gasteiger partial charge in [-0.15, -0.1) is 0 Å². The van der Waals surface area contributed by atoms with Crippen LogP contribution in [0, 0.1) is 0 Å². The van der Waals surface area contributed by atoms with Gasteiger partial charge >= 0.3 is 0 Å². The number of nitrogens with one attached hydrogen (secondary N) is 1. The molecule has 0 aliphatic carbocycles. The lowest BCUT2D eigenvalue weighted by Gasteiger charge is -2.35. The van der Waals surface area contributed by atoms with E-state index >= 15 is 0 Å². The fourth-order valence-corrected chi connectivity index (χ4v) is 2.60. The van der Waals surface area contributed by atoms with Gasteiger partial charge in [0.15, 0.2) is 0 Å². The molecule has 0 atom stereocenters. The van der Waals surface area contributed by atoms with E-state index < -0.39 is 0 Å². The topological polar surface area (TPSA) is 54.0 Å². The molecular formula is C16H24ClN3O3. The fraction of sp³-hybridized carbons (Fsp3) is 0.562. The van der Waals surface area contributed by atoms with Crippen LogP contribution in [0.3, 0.4) is 0 Å². The lowest BCUT2D eigenvalue weighted by Crippen LogP contribution is -2.44. The van der Waals surface area contributed by atoms with Gasteiger partial charge in [0.25, 0.3) is 0 Å². The zero-order chi connectivity index (χ0) is 16.7. The van der Waals surface area contributed by atoms with Crippen LogP contribution in [0.4, 0.5) is 11.4 Å². The van der Waals surface area contributed by atoms with E-state index in [1.807, 2.05) is 12.1 Å². The summed E-state index contributed by atoms with van der Waals surface area (Å²) in [5, 5.41) is 3.49. The molecule has 128 valence electrons. The monoisotopic (exact) mass is 341 g/mol. The molecule has 6 nitrogen and oxygen atoms in total. The lowest BCUT2D eigenvalue weighted by molar-refractivity contribution is -0.121. The molecule has 1 N–H and O–H groups in total. The van der Waals surface area contributed by atoms with Crippen LogP contribution in [0.5, 0.6) is 0 Å². The van der Waals surface area contributed by atoms with Crippen molar-refractivity contribution in [1.29, 1.82) is 0 Å². The average Bonchev–Trinajstić information content (AvgIpc) is 2.53. The molecule has 0 unspecified atom stereocenters. The van der Waals surface area contributed by atoms with Crippen molar-refractivity contribution in [2.24, 2.45) is 0 Å². The smallest absolute Gasteiger partial charge is 0.250 e. The Hall–Kier alpha value is -1.34. The molecule has 1 fully saturated rings. The number of hydrogen-bond acceptors (Lipinski definition) is 5. The number of nitrogens with zero attached hydrogens (tertiary/aromatic N) is 2. The van der Waals surface area contributed by atoms with Gasteiger partial charge in [0.1, 0.15) is 6.61 Å². The van der Waals surface area contributed by atoms with Gasteiger partial charge in [0, 0.05) is 38.3 Å². The molecule has 0 spiro atoms. The van der Waals surface area contributed by atoms with Gasteiger partial charge in [-0.25, -0.2) is 0 Å². The molecule has 1 saturated heterocycles. The molecule has 1 aliphatic heterocycles. The second-order valence-corrected chi connectivity index (χ2v) is 5.98. The molecule has 0 aromatic heterocycles. The van der Waals surface area contributed by atoms with Crippen LogP contribution < -0.4 is 10.2 Å². The summed E-state index contributed by atoms with van der Waals surface area (Å²) in [7, 11) is 3.71. The molecule has 1 aliphatic rings. The van der Waals surface area contributed by atoms with Crippen molar-refractivity contribution in [2.45, 2.75) is 0 Å². The SMILES string of the molecule is COCCOCC(=O)Nc1cc(Cl)ccc1N1CCN(C)CC1. The second-order valence-electron chi connectivity index (χ2n) is 5.55. The average molecular weight is 342 g/mol. The molecule has 1 aromatic carbocycles. The highest BCUT2D eigenvalue weighted by Crippen LogP contribution is 2.29. The van der Waals surface area contributed by atoms with E-state index in [-0.39, 0.29) is 12.5 Å². The van der Waals surface area contributed by atoms with Crippen molar-refractivity contribution in [3.8, 4) is 0 Å². The second kappa shape index (κ2) is 9.08. The fourth-order valence-electron chi connectivity index (χ4n) is 2.42. The van der Waals surface area contributed by atoms with Gasteiger partial charge in [-0.3, -0.25) is 4.79 Å². The van der Waals surface area contributed by atoms with E-state index in [2.05, 4.69) is 22.2 Å². The Morgan fingerprint density at radius 2 is 2.00 bits per heavy atom. The number of anilines is 2. The van der Waals surface area contributed by atoms with Crippen molar-refractivity contribution in [2.75, 3.05) is 70.4 Å². The third kappa shape index (κ3) is 5.66. The van der Waals surface area contributed by atoms with Gasteiger partial charge in [0.2, 0.25) is 5.91 Å². The van der Waals surface area contributed by atoms with Crippen molar-refractivity contribution in [1.82, 2.24) is 4.90 Å². The standard InChI is InChI=1S/C16H24ClN3O3/c1-19-5-7-20(8-6-19)15-4-3-13(17)11-14(15)18-16(21)12-23-10-9-22-2/h3-4,11H,5-10,12H2,1-2H3,(H,18,21). The number of piperazine rings is 1. The molecule has 0 saturated carbocycles. The molecule has 0 radical (unpaired) electrons. The van der Waals surface area contributed by atoms with Crippen LogP contribution >= 0.6 is 11.6 Å². The first-order valence-electron chi connectivity index (χ1n) is 7.69. The maximum atomic E-state index is 12.0. The summed E-state index contributed by atoms with van der Waals surface area (Å²) in [6.45, 7) is 4.70. The molecule has 1 aromatic rings. The maximum Gasteiger partial charge on any atom is 0.250 e. The molecule has 23 heavy (non-hydrogen) atoms. The number of carbonyl (C=O) groups excluding carboxylic acids is 1. The van der Waals surface area contributed by atoms with Gasteiger partial charge in [-0.05, 0) is 25.2 Å². The third-order valence-corrected chi connectivity index (χ3v) is 3.98. The summed E-state index contributed by atoms with van der Waals surface area (Å²) in [4.78, 5) is 16.6. The molecule has 1 heterocycles. The van der Waals surface area contributed by atoms with Crippen LogP contribution in [0.1, 0.15) is 0 Å². The van der Waals surface area contributed by atoms with E-state index in [0.29, 0.717) is 18.2 Å². The quantitative estimate of drug-likeness (QED) is 0.765. The van der Waals surface area contributed by atoms with Gasteiger partial charge in [-0.1, -0.05) is 11.6 Å². The number of ether oxygens (including phenoxy) is 2. The summed E-state index contributed by atoms with van der Waals surface area (Å²) in [5.41, 5.74) is 1.72. The lowest BCUT2D eigenvalue weighted by atomic mass is 10.2. The van der Waals surface area contributed by atoms with E-state index in [9.17, 15) is 4.79 Å². The summed E-state index contributed by atoms with van der Waals surface area (Å²) in [5.74, 6) is -0.196. The molecule has 2 rings (SSSR count). The number of rotatable bonds is 7. The van der Waals surface area contributed by atoms with Crippen molar-refractivity contribution in [3.05, 3.63) is 23.2 Å². The number of methoxy groups -OCH3 is 1. The van der Waals surface area contributed by atoms with E-state index in [1.54, 1.807) is 13.2 Å². The highest BCUT2D eigenvalue weighted by Gasteiger charge is 2.18. The number of likely N-dealkylation sites (N-methyl/N-ethyl adjacent to an activating group) is 1. The third-order valence-electron chi connectivity index (χ3n) is 3.74. The van der Waals surface area contributed by atoms with Gasteiger partial charge in [-0.2, -0.15) is 0 Å². The molecule has 7 heteroatoms. The Labute approximate surface area is 142 Å². The molecular weight excluding hydrogens is 318 g/mol. The van der Waals surface area contributed by atoms with Crippen LogP contribution in [0.25, 0.3) is 0 Å². The van der Waals surface area contributed by atoms with E-state index in [1.165, 1.54) is 0 Å². The first-order chi connectivity index (χ1) is 11.1. The number of benzene rings is 1. The van der Waals surface area contributed by atoms with Crippen LogP contribution in [0.2, 0.25) is 5.02 Å². The normalized spacial score (nSPS) is 15.7. The van der Waals surface area contributed by atoms with Crippen LogP contribution in [-0.2, 0) is 14.3 Å². The summed E-state index contributed by atoms with van der Waals surface area (Å²) in [6.07, 6.45) is 0. The maximum absolute atomic E-state index is 12.0. The number of carbonyl (C=O) groups is 1. The first kappa shape index (κ1) is 18.0. The van der Waals surface area contributed by atoms with Gasteiger partial charge < -0.3 is 24.6 Å². The predicted octanol–water partition coefficient (Wildman–Crippen LogP) is 1.69. The van der Waals surface area contributed by atoms with Crippen molar-refractivity contribution in [3.63, 3.8) is 0 Å². The highest BCUT2D eigenvalue weighted by atomic mass is 35.5. The van der Waals surface area contributed by atoms with Crippen molar-refractivity contribution >= 4 is 28.9 Å². The Morgan fingerprint density at radius 3 is 2.70 bits per heavy atom. The van der Waals surface area contributed by atoms with E-state index in [0.717, 1.165) is 37.6 Å².